The van der Waals surface area contributed by atoms with Crippen molar-refractivity contribution in [3.8, 4) is 5.75 Å². The summed E-state index contributed by atoms with van der Waals surface area (Å²) >= 11 is 0. The predicted molar refractivity (Wildman–Crippen MR) is 114 cm³/mol. The molecule has 0 unspecified atom stereocenters. The summed E-state index contributed by atoms with van der Waals surface area (Å²) < 4.78 is 5.09. The average Bonchev–Trinajstić information content (AvgIpc) is 2.75. The summed E-state index contributed by atoms with van der Waals surface area (Å²) in [5.41, 5.74) is 2.59. The Kier molecular flexibility index (Phi) is 7.38. The first-order valence-corrected chi connectivity index (χ1v) is 10.0. The summed E-state index contributed by atoms with van der Waals surface area (Å²) in [6.07, 6.45) is 0.341. The summed E-state index contributed by atoms with van der Waals surface area (Å²) in [5, 5.41) is 2.87. The molecule has 154 valence electrons. The Bertz CT molecular complexity index is 810. The van der Waals surface area contributed by atoms with Crippen LogP contribution in [0.4, 0.5) is 5.69 Å². The minimum atomic E-state index is -0.154. The fourth-order valence-electron chi connectivity index (χ4n) is 3.33. The smallest absolute Gasteiger partial charge is 0.224 e. The van der Waals surface area contributed by atoms with E-state index in [1.807, 2.05) is 12.1 Å². The third-order valence-electron chi connectivity index (χ3n) is 5.23. The number of carbonyl (C=O) groups excluding carboxylic acids is 2. The van der Waals surface area contributed by atoms with Crippen molar-refractivity contribution in [1.29, 1.82) is 0 Å². The molecule has 0 radical (unpaired) electrons. The lowest BCUT2D eigenvalue weighted by atomic mass is 10.1. The van der Waals surface area contributed by atoms with Gasteiger partial charge in [-0.15, -0.1) is 0 Å². The predicted octanol–water partition coefficient (Wildman–Crippen LogP) is 3.04. The molecule has 0 bridgehead atoms. The van der Waals surface area contributed by atoms with E-state index >= 15 is 0 Å². The number of nitrogens with one attached hydrogen (secondary N) is 1. The van der Waals surface area contributed by atoms with Gasteiger partial charge >= 0.3 is 0 Å². The fourth-order valence-corrected chi connectivity index (χ4v) is 3.33. The number of Topliss-reactive ketones (excluding diaryl/α,β-unsaturated/α-hetero) is 1. The van der Waals surface area contributed by atoms with Gasteiger partial charge in [-0.05, 0) is 49.0 Å². The van der Waals surface area contributed by atoms with E-state index in [4.69, 9.17) is 4.74 Å². The van der Waals surface area contributed by atoms with E-state index in [0.29, 0.717) is 11.3 Å². The van der Waals surface area contributed by atoms with Crippen molar-refractivity contribution in [3.63, 3.8) is 0 Å². The highest BCUT2D eigenvalue weighted by molar-refractivity contribution is 6.00. The van der Waals surface area contributed by atoms with Gasteiger partial charge in [0.05, 0.1) is 7.11 Å². The lowest BCUT2D eigenvalue weighted by molar-refractivity contribution is -0.116. The van der Waals surface area contributed by atoms with Crippen LogP contribution in [-0.4, -0.2) is 61.8 Å². The first-order chi connectivity index (χ1) is 14.0. The van der Waals surface area contributed by atoms with Crippen LogP contribution in [0.2, 0.25) is 0 Å². The van der Waals surface area contributed by atoms with Crippen molar-refractivity contribution < 1.29 is 14.3 Å². The van der Waals surface area contributed by atoms with Crippen molar-refractivity contribution in [1.82, 2.24) is 9.80 Å². The van der Waals surface area contributed by atoms with Crippen molar-refractivity contribution in [2.24, 2.45) is 0 Å². The van der Waals surface area contributed by atoms with Gasteiger partial charge in [0.25, 0.3) is 0 Å². The van der Waals surface area contributed by atoms with E-state index in [1.165, 1.54) is 5.56 Å². The molecule has 0 aliphatic carbocycles. The molecule has 3 rings (SSSR count). The molecule has 0 spiro atoms. The molecule has 1 fully saturated rings. The SMILES string of the molecule is COc1ccc(C(=O)CCC(=O)Nc2ccc(CN3CCN(C)CC3)cc2)cc1. The third kappa shape index (κ3) is 6.41. The maximum absolute atomic E-state index is 12.2. The van der Waals surface area contributed by atoms with Gasteiger partial charge < -0.3 is 15.0 Å². The van der Waals surface area contributed by atoms with Crippen LogP contribution in [0.15, 0.2) is 48.5 Å². The van der Waals surface area contributed by atoms with Gasteiger partial charge in [0, 0.05) is 56.8 Å². The second-order valence-corrected chi connectivity index (χ2v) is 7.48. The minimum absolute atomic E-state index is 0.0506. The number of rotatable bonds is 8. The van der Waals surface area contributed by atoms with Crippen LogP contribution < -0.4 is 10.1 Å². The first kappa shape index (κ1) is 21.0. The molecule has 1 aliphatic heterocycles. The van der Waals surface area contributed by atoms with Gasteiger partial charge in [-0.3, -0.25) is 14.5 Å². The zero-order valence-corrected chi connectivity index (χ0v) is 17.2. The Balaban J connectivity index is 1.43. The number of carbonyl (C=O) groups is 2. The summed E-state index contributed by atoms with van der Waals surface area (Å²) in [4.78, 5) is 29.2. The quantitative estimate of drug-likeness (QED) is 0.696. The molecular formula is C23H29N3O3. The molecule has 2 aromatic carbocycles. The highest BCUT2D eigenvalue weighted by atomic mass is 16.5. The van der Waals surface area contributed by atoms with E-state index in [-0.39, 0.29) is 24.5 Å². The molecule has 6 nitrogen and oxygen atoms in total. The largest absolute Gasteiger partial charge is 0.497 e. The molecule has 1 saturated heterocycles. The average molecular weight is 396 g/mol. The number of amides is 1. The van der Waals surface area contributed by atoms with E-state index in [1.54, 1.807) is 31.4 Å². The van der Waals surface area contributed by atoms with Crippen molar-refractivity contribution in [3.05, 3.63) is 59.7 Å². The van der Waals surface area contributed by atoms with Crippen LogP contribution in [0.1, 0.15) is 28.8 Å². The number of benzene rings is 2. The number of likely N-dealkylation sites (N-methyl/N-ethyl adjacent to an activating group) is 1. The number of anilines is 1. The van der Waals surface area contributed by atoms with E-state index in [2.05, 4.69) is 34.3 Å². The first-order valence-electron chi connectivity index (χ1n) is 10.0. The van der Waals surface area contributed by atoms with Gasteiger partial charge in [-0.2, -0.15) is 0 Å². The minimum Gasteiger partial charge on any atom is -0.497 e. The van der Waals surface area contributed by atoms with Gasteiger partial charge in [-0.25, -0.2) is 0 Å². The number of hydrogen-bond donors (Lipinski definition) is 1. The highest BCUT2D eigenvalue weighted by Gasteiger charge is 2.14. The number of ether oxygens (including phenoxy) is 1. The topological polar surface area (TPSA) is 61.9 Å². The Labute approximate surface area is 172 Å². The molecule has 6 heteroatoms. The number of hydrogen-bond acceptors (Lipinski definition) is 5. The molecule has 29 heavy (non-hydrogen) atoms. The van der Waals surface area contributed by atoms with Crippen LogP contribution in [-0.2, 0) is 11.3 Å². The Hall–Kier alpha value is -2.70. The van der Waals surface area contributed by atoms with Crippen molar-refractivity contribution >= 4 is 17.4 Å². The fraction of sp³-hybridized carbons (Fsp3) is 0.391. The molecule has 0 saturated carbocycles. The van der Waals surface area contributed by atoms with E-state index in [9.17, 15) is 9.59 Å². The van der Waals surface area contributed by atoms with Gasteiger partial charge in [0.15, 0.2) is 5.78 Å². The molecule has 1 aliphatic rings. The lowest BCUT2D eigenvalue weighted by Gasteiger charge is -2.32. The van der Waals surface area contributed by atoms with Crippen LogP contribution in [0.25, 0.3) is 0 Å². The number of methoxy groups -OCH3 is 1. The van der Waals surface area contributed by atoms with Crippen LogP contribution in [0.3, 0.4) is 0 Å². The molecule has 1 N–H and O–H groups in total. The lowest BCUT2D eigenvalue weighted by Crippen LogP contribution is -2.43. The van der Waals surface area contributed by atoms with E-state index < -0.39 is 0 Å². The Morgan fingerprint density at radius 2 is 1.59 bits per heavy atom. The second-order valence-electron chi connectivity index (χ2n) is 7.48. The number of piperazine rings is 1. The van der Waals surface area contributed by atoms with Gasteiger partial charge in [-0.1, -0.05) is 12.1 Å². The summed E-state index contributed by atoms with van der Waals surface area (Å²) in [5.74, 6) is 0.499. The van der Waals surface area contributed by atoms with Crippen LogP contribution in [0.5, 0.6) is 5.75 Å². The zero-order chi connectivity index (χ0) is 20.6. The summed E-state index contributed by atoms with van der Waals surface area (Å²) in [6, 6.07) is 14.9. The van der Waals surface area contributed by atoms with Crippen molar-refractivity contribution in [2.75, 3.05) is 45.7 Å². The highest BCUT2D eigenvalue weighted by Crippen LogP contribution is 2.15. The molecule has 2 aromatic rings. The zero-order valence-electron chi connectivity index (χ0n) is 17.2. The Morgan fingerprint density at radius 1 is 0.931 bits per heavy atom. The molecular weight excluding hydrogens is 366 g/mol. The van der Waals surface area contributed by atoms with Crippen LogP contribution in [0, 0.1) is 0 Å². The molecule has 1 amide bonds. The molecule has 1 heterocycles. The van der Waals surface area contributed by atoms with Gasteiger partial charge in [0.1, 0.15) is 5.75 Å². The monoisotopic (exact) mass is 395 g/mol. The summed E-state index contributed by atoms with van der Waals surface area (Å²) in [6.45, 7) is 5.29. The number of ketones is 1. The van der Waals surface area contributed by atoms with E-state index in [0.717, 1.165) is 38.4 Å². The Morgan fingerprint density at radius 3 is 2.21 bits per heavy atom. The molecule has 0 aromatic heterocycles. The van der Waals surface area contributed by atoms with Gasteiger partial charge in [0.2, 0.25) is 5.91 Å². The standard InChI is InChI=1S/C23H29N3O3/c1-25-13-15-26(16-14-25)17-18-3-7-20(8-4-18)24-23(28)12-11-22(27)19-5-9-21(29-2)10-6-19/h3-10H,11-17H2,1-2H3,(H,24,28). The number of nitrogens with zero attached hydrogens (tertiary/aromatic N) is 2. The maximum Gasteiger partial charge on any atom is 0.224 e. The van der Waals surface area contributed by atoms with Crippen LogP contribution >= 0.6 is 0 Å². The summed E-state index contributed by atoms with van der Waals surface area (Å²) in [7, 11) is 3.74. The second kappa shape index (κ2) is 10.2. The third-order valence-corrected chi connectivity index (χ3v) is 5.23. The molecule has 0 atom stereocenters. The maximum atomic E-state index is 12.2. The normalized spacial score (nSPS) is 15.1. The van der Waals surface area contributed by atoms with Crippen molar-refractivity contribution in [2.45, 2.75) is 19.4 Å².